The van der Waals surface area contributed by atoms with Gasteiger partial charge in [-0.3, -0.25) is 5.32 Å². The summed E-state index contributed by atoms with van der Waals surface area (Å²) in [5.41, 5.74) is 0.951. The molecule has 1 aliphatic carbocycles. The summed E-state index contributed by atoms with van der Waals surface area (Å²) in [7, 11) is 1.44. The normalized spacial score (nSPS) is 17.2. The van der Waals surface area contributed by atoms with Gasteiger partial charge in [0.05, 0.1) is 7.11 Å². The van der Waals surface area contributed by atoms with Gasteiger partial charge < -0.3 is 4.74 Å². The highest BCUT2D eigenvalue weighted by atomic mass is 32.1. The average Bonchev–Trinajstić information content (AvgIpc) is 3.22. The molecule has 1 heterocycles. The Labute approximate surface area is 129 Å². The number of nitrogens with one attached hydrogen (secondary N) is 1. The number of carbonyl (C=O) groups excluding carboxylic acids is 1. The van der Waals surface area contributed by atoms with Gasteiger partial charge >= 0.3 is 5.97 Å². The molecule has 0 aliphatic heterocycles. The highest BCUT2D eigenvalue weighted by molar-refractivity contribution is 7.10. The molecule has 1 aliphatic rings. The fourth-order valence-corrected chi connectivity index (χ4v) is 3.47. The second-order valence-electron chi connectivity index (χ2n) is 5.36. The minimum absolute atomic E-state index is 0.231. The van der Waals surface area contributed by atoms with Gasteiger partial charge in [0.1, 0.15) is 6.04 Å². The summed E-state index contributed by atoms with van der Waals surface area (Å²) in [5.74, 6) is 0.392. The molecule has 2 unspecified atom stereocenters. The predicted molar refractivity (Wildman–Crippen MR) is 84.1 cm³/mol. The molecular weight excluding hydrogens is 282 g/mol. The molecule has 3 rings (SSSR count). The number of methoxy groups -OCH3 is 1. The molecule has 21 heavy (non-hydrogen) atoms. The van der Waals surface area contributed by atoms with Gasteiger partial charge in [0.15, 0.2) is 0 Å². The van der Waals surface area contributed by atoms with E-state index >= 15 is 0 Å². The van der Waals surface area contributed by atoms with Crippen LogP contribution in [-0.4, -0.2) is 13.1 Å². The monoisotopic (exact) mass is 301 g/mol. The summed E-state index contributed by atoms with van der Waals surface area (Å²) >= 11 is 1.74. The lowest BCUT2D eigenvalue weighted by atomic mass is 10.0. The molecule has 2 atom stereocenters. The molecule has 1 aromatic carbocycles. The van der Waals surface area contributed by atoms with Crippen molar-refractivity contribution >= 4 is 17.3 Å². The molecule has 1 aromatic heterocycles. The second kappa shape index (κ2) is 6.41. The third kappa shape index (κ3) is 3.34. The van der Waals surface area contributed by atoms with E-state index in [9.17, 15) is 4.79 Å². The highest BCUT2D eigenvalue weighted by Crippen LogP contribution is 2.43. The van der Waals surface area contributed by atoms with Crippen LogP contribution in [0, 0.1) is 5.92 Å². The third-order valence-electron chi connectivity index (χ3n) is 3.86. The lowest BCUT2D eigenvalue weighted by molar-refractivity contribution is -0.143. The van der Waals surface area contributed by atoms with Gasteiger partial charge in [-0.1, -0.05) is 36.4 Å². The molecule has 3 nitrogen and oxygen atoms in total. The van der Waals surface area contributed by atoms with Crippen molar-refractivity contribution in [1.82, 2.24) is 5.32 Å². The largest absolute Gasteiger partial charge is 0.468 e. The number of carbonyl (C=O) groups is 1. The summed E-state index contributed by atoms with van der Waals surface area (Å²) in [6.07, 6.45) is 2.44. The summed E-state index contributed by atoms with van der Waals surface area (Å²) in [4.78, 5) is 13.5. The van der Waals surface area contributed by atoms with E-state index in [1.54, 1.807) is 11.3 Å². The topological polar surface area (TPSA) is 38.3 Å². The maximum absolute atomic E-state index is 12.2. The van der Waals surface area contributed by atoms with Gasteiger partial charge in [0.25, 0.3) is 0 Å². The van der Waals surface area contributed by atoms with Crippen LogP contribution in [0.2, 0.25) is 0 Å². The van der Waals surface area contributed by atoms with Crippen molar-refractivity contribution < 1.29 is 9.53 Å². The molecule has 0 bridgehead atoms. The van der Waals surface area contributed by atoms with Crippen LogP contribution in [0.5, 0.6) is 0 Å². The number of benzene rings is 1. The Hall–Kier alpha value is -1.65. The molecule has 0 radical (unpaired) electrons. The van der Waals surface area contributed by atoms with Gasteiger partial charge in [-0.15, -0.1) is 11.3 Å². The number of ether oxygens (including phenoxy) is 1. The summed E-state index contributed by atoms with van der Waals surface area (Å²) in [5, 5.41) is 5.61. The molecular formula is C17H19NO2S. The first kappa shape index (κ1) is 14.3. The van der Waals surface area contributed by atoms with Crippen LogP contribution in [0.3, 0.4) is 0 Å². The van der Waals surface area contributed by atoms with Crippen molar-refractivity contribution in [2.75, 3.05) is 7.11 Å². The van der Waals surface area contributed by atoms with E-state index in [0.29, 0.717) is 5.92 Å². The van der Waals surface area contributed by atoms with E-state index in [1.807, 2.05) is 30.3 Å². The van der Waals surface area contributed by atoms with Crippen LogP contribution in [0.15, 0.2) is 47.8 Å². The van der Waals surface area contributed by atoms with Crippen molar-refractivity contribution in [3.63, 3.8) is 0 Å². The zero-order valence-corrected chi connectivity index (χ0v) is 12.8. The quantitative estimate of drug-likeness (QED) is 0.827. The van der Waals surface area contributed by atoms with Crippen LogP contribution >= 0.6 is 11.3 Å². The molecule has 2 aromatic rings. The van der Waals surface area contributed by atoms with Crippen molar-refractivity contribution in [3.8, 4) is 0 Å². The SMILES string of the molecule is COC(=O)C(NC(c1cccs1)C1CC1)c1ccccc1. The highest BCUT2D eigenvalue weighted by Gasteiger charge is 2.36. The number of esters is 1. The Morgan fingerprint density at radius 3 is 2.57 bits per heavy atom. The van der Waals surface area contributed by atoms with Crippen LogP contribution in [0.25, 0.3) is 0 Å². The van der Waals surface area contributed by atoms with Gasteiger partial charge in [-0.05, 0) is 35.8 Å². The summed E-state index contributed by atoms with van der Waals surface area (Å²) in [6, 6.07) is 13.8. The molecule has 0 saturated heterocycles. The lowest BCUT2D eigenvalue weighted by Gasteiger charge is -2.24. The lowest BCUT2D eigenvalue weighted by Crippen LogP contribution is -2.33. The summed E-state index contributed by atoms with van der Waals surface area (Å²) in [6.45, 7) is 0. The number of rotatable bonds is 6. The van der Waals surface area contributed by atoms with Crippen molar-refractivity contribution in [2.24, 2.45) is 5.92 Å². The first-order valence-corrected chi connectivity index (χ1v) is 8.10. The van der Waals surface area contributed by atoms with Crippen molar-refractivity contribution in [3.05, 3.63) is 58.3 Å². The smallest absolute Gasteiger partial charge is 0.327 e. The Morgan fingerprint density at radius 1 is 1.24 bits per heavy atom. The number of hydrogen-bond acceptors (Lipinski definition) is 4. The van der Waals surface area contributed by atoms with Gasteiger partial charge in [0, 0.05) is 10.9 Å². The molecule has 4 heteroatoms. The van der Waals surface area contributed by atoms with Crippen LogP contribution in [-0.2, 0) is 9.53 Å². The van der Waals surface area contributed by atoms with E-state index in [1.165, 1.54) is 24.8 Å². The molecule has 0 spiro atoms. The van der Waals surface area contributed by atoms with Crippen LogP contribution < -0.4 is 5.32 Å². The first-order chi connectivity index (χ1) is 10.3. The fourth-order valence-electron chi connectivity index (χ4n) is 2.59. The third-order valence-corrected chi connectivity index (χ3v) is 4.81. The van der Waals surface area contributed by atoms with Crippen molar-refractivity contribution in [1.29, 1.82) is 0 Å². The minimum atomic E-state index is -0.413. The van der Waals surface area contributed by atoms with Crippen molar-refractivity contribution in [2.45, 2.75) is 24.9 Å². The molecule has 110 valence electrons. The number of hydrogen-bond donors (Lipinski definition) is 1. The maximum atomic E-state index is 12.2. The standard InChI is InChI=1S/C17H19NO2S/c1-20-17(19)16(12-6-3-2-4-7-12)18-15(13-9-10-13)14-8-5-11-21-14/h2-8,11,13,15-16,18H,9-10H2,1H3. The van der Waals surface area contributed by atoms with Gasteiger partial charge in [-0.2, -0.15) is 0 Å². The van der Waals surface area contributed by atoms with E-state index in [4.69, 9.17) is 4.74 Å². The Bertz CT molecular complexity index is 578. The fraction of sp³-hybridized carbons (Fsp3) is 0.353. The van der Waals surface area contributed by atoms with Crippen LogP contribution in [0.4, 0.5) is 0 Å². The molecule has 0 amide bonds. The van der Waals surface area contributed by atoms with E-state index in [2.05, 4.69) is 22.8 Å². The van der Waals surface area contributed by atoms with Gasteiger partial charge in [0.2, 0.25) is 0 Å². The zero-order chi connectivity index (χ0) is 14.7. The predicted octanol–water partition coefficient (Wildman–Crippen LogP) is 3.70. The Morgan fingerprint density at radius 2 is 2.00 bits per heavy atom. The Kier molecular flexibility index (Phi) is 4.36. The number of thiophene rings is 1. The molecule has 1 fully saturated rings. The van der Waals surface area contributed by atoms with Crippen LogP contribution in [0.1, 0.15) is 35.4 Å². The zero-order valence-electron chi connectivity index (χ0n) is 12.0. The maximum Gasteiger partial charge on any atom is 0.327 e. The average molecular weight is 301 g/mol. The Balaban J connectivity index is 1.85. The first-order valence-electron chi connectivity index (χ1n) is 7.22. The minimum Gasteiger partial charge on any atom is -0.468 e. The summed E-state index contributed by atoms with van der Waals surface area (Å²) < 4.78 is 4.99. The van der Waals surface area contributed by atoms with E-state index < -0.39 is 6.04 Å². The van der Waals surface area contributed by atoms with Gasteiger partial charge in [-0.25, -0.2) is 4.79 Å². The molecule has 1 N–H and O–H groups in total. The second-order valence-corrected chi connectivity index (χ2v) is 6.34. The molecule has 1 saturated carbocycles. The van der Waals surface area contributed by atoms with E-state index in [-0.39, 0.29) is 12.0 Å². The van der Waals surface area contributed by atoms with E-state index in [0.717, 1.165) is 5.56 Å².